The number of furan rings is 1. The molecule has 1 aliphatic heterocycles. The molecule has 2 unspecified atom stereocenters. The smallest absolute Gasteiger partial charge is 0.224 e. The largest absolute Gasteiger partial charge is 0.469 e. The van der Waals surface area contributed by atoms with Gasteiger partial charge in [-0.2, -0.15) is 0 Å². The number of nitrogens with one attached hydrogen (secondary N) is 2. The van der Waals surface area contributed by atoms with Gasteiger partial charge in [-0.05, 0) is 32.0 Å². The summed E-state index contributed by atoms with van der Waals surface area (Å²) < 4.78 is 5.25. The molecule has 88 valence electrons. The van der Waals surface area contributed by atoms with Crippen molar-refractivity contribution < 1.29 is 9.21 Å². The molecule has 2 rings (SSSR count). The Morgan fingerprint density at radius 1 is 1.75 bits per heavy atom. The van der Waals surface area contributed by atoms with Gasteiger partial charge in [0.05, 0.1) is 12.2 Å². The predicted molar refractivity (Wildman–Crippen MR) is 61.0 cm³/mol. The fourth-order valence-electron chi connectivity index (χ4n) is 2.02. The first-order chi connectivity index (χ1) is 7.75. The first-order valence-electron chi connectivity index (χ1n) is 5.79. The van der Waals surface area contributed by atoms with Crippen molar-refractivity contribution in [2.24, 2.45) is 5.92 Å². The molecular weight excluding hydrogens is 204 g/mol. The van der Waals surface area contributed by atoms with Gasteiger partial charge < -0.3 is 15.1 Å². The number of carbonyl (C=O) groups excluding carboxylic acids is 1. The van der Waals surface area contributed by atoms with Gasteiger partial charge in [0, 0.05) is 19.0 Å². The highest BCUT2D eigenvalue weighted by Crippen LogP contribution is 2.09. The van der Waals surface area contributed by atoms with E-state index in [4.69, 9.17) is 4.42 Å². The van der Waals surface area contributed by atoms with E-state index in [2.05, 4.69) is 10.6 Å². The molecule has 2 atom stereocenters. The summed E-state index contributed by atoms with van der Waals surface area (Å²) in [6.45, 7) is 3.76. The predicted octanol–water partition coefficient (Wildman–Crippen LogP) is 0.936. The monoisotopic (exact) mass is 222 g/mol. The molecule has 1 aliphatic rings. The lowest BCUT2D eigenvalue weighted by atomic mass is 10.1. The Kier molecular flexibility index (Phi) is 3.62. The minimum Gasteiger partial charge on any atom is -0.469 e. The Balaban J connectivity index is 1.78. The molecule has 1 fully saturated rings. The number of rotatable bonds is 4. The number of hydrogen-bond donors (Lipinski definition) is 2. The van der Waals surface area contributed by atoms with Gasteiger partial charge >= 0.3 is 0 Å². The molecule has 1 aromatic heterocycles. The highest BCUT2D eigenvalue weighted by Gasteiger charge is 2.23. The Hall–Kier alpha value is -1.29. The highest BCUT2D eigenvalue weighted by atomic mass is 16.3. The zero-order valence-corrected chi connectivity index (χ0v) is 9.53. The second-order valence-corrected chi connectivity index (χ2v) is 4.38. The van der Waals surface area contributed by atoms with E-state index in [0.29, 0.717) is 0 Å². The molecule has 1 aromatic rings. The van der Waals surface area contributed by atoms with Crippen LogP contribution in [0.15, 0.2) is 22.8 Å². The second-order valence-electron chi connectivity index (χ2n) is 4.38. The molecule has 0 bridgehead atoms. The van der Waals surface area contributed by atoms with Gasteiger partial charge in [0.25, 0.3) is 0 Å². The minimum absolute atomic E-state index is 0.124. The zero-order valence-electron chi connectivity index (χ0n) is 9.53. The standard InChI is InChI=1S/C12H18N2O2/c1-9(7-11-3-2-6-16-11)14-12(15)10-4-5-13-8-10/h2-3,6,9-10,13H,4-5,7-8H2,1H3,(H,14,15). The average Bonchev–Trinajstić information content (AvgIpc) is 2.88. The van der Waals surface area contributed by atoms with Crippen LogP contribution in [0.3, 0.4) is 0 Å². The molecular formula is C12H18N2O2. The lowest BCUT2D eigenvalue weighted by Crippen LogP contribution is -2.39. The molecule has 16 heavy (non-hydrogen) atoms. The molecule has 0 radical (unpaired) electrons. The van der Waals surface area contributed by atoms with E-state index in [1.807, 2.05) is 19.1 Å². The van der Waals surface area contributed by atoms with E-state index < -0.39 is 0 Å². The van der Waals surface area contributed by atoms with Crippen molar-refractivity contribution in [2.45, 2.75) is 25.8 Å². The second kappa shape index (κ2) is 5.16. The van der Waals surface area contributed by atoms with E-state index in [1.165, 1.54) is 0 Å². The maximum atomic E-state index is 11.8. The summed E-state index contributed by atoms with van der Waals surface area (Å²) in [6.07, 6.45) is 3.35. The molecule has 0 saturated carbocycles. The van der Waals surface area contributed by atoms with Crippen LogP contribution in [0, 0.1) is 5.92 Å². The maximum Gasteiger partial charge on any atom is 0.224 e. The van der Waals surface area contributed by atoms with Crippen molar-refractivity contribution in [2.75, 3.05) is 13.1 Å². The highest BCUT2D eigenvalue weighted by molar-refractivity contribution is 5.79. The van der Waals surface area contributed by atoms with Crippen LogP contribution in [0.1, 0.15) is 19.1 Å². The van der Waals surface area contributed by atoms with Crippen LogP contribution in [0.4, 0.5) is 0 Å². The van der Waals surface area contributed by atoms with Gasteiger partial charge in [0.15, 0.2) is 0 Å². The summed E-state index contributed by atoms with van der Waals surface area (Å²) in [7, 11) is 0. The molecule has 1 amide bonds. The minimum atomic E-state index is 0.124. The summed E-state index contributed by atoms with van der Waals surface area (Å²) in [5.41, 5.74) is 0. The summed E-state index contributed by atoms with van der Waals surface area (Å²) in [5, 5.41) is 6.21. The third-order valence-corrected chi connectivity index (χ3v) is 2.91. The number of hydrogen-bond acceptors (Lipinski definition) is 3. The van der Waals surface area contributed by atoms with Crippen molar-refractivity contribution in [1.82, 2.24) is 10.6 Å². The van der Waals surface area contributed by atoms with Crippen molar-refractivity contribution in [3.63, 3.8) is 0 Å². The summed E-state index contributed by atoms with van der Waals surface area (Å²) >= 11 is 0. The van der Waals surface area contributed by atoms with Gasteiger partial charge in [0.2, 0.25) is 5.91 Å². The third kappa shape index (κ3) is 2.85. The van der Waals surface area contributed by atoms with Gasteiger partial charge in [-0.1, -0.05) is 0 Å². The van der Waals surface area contributed by atoms with Gasteiger partial charge in [-0.25, -0.2) is 0 Å². The molecule has 0 spiro atoms. The zero-order chi connectivity index (χ0) is 11.4. The number of carbonyl (C=O) groups is 1. The van der Waals surface area contributed by atoms with E-state index in [-0.39, 0.29) is 17.9 Å². The molecule has 0 aromatic carbocycles. The molecule has 4 nitrogen and oxygen atoms in total. The van der Waals surface area contributed by atoms with Crippen LogP contribution in [-0.4, -0.2) is 25.0 Å². The van der Waals surface area contributed by atoms with Crippen LogP contribution >= 0.6 is 0 Å². The Labute approximate surface area is 95.4 Å². The van der Waals surface area contributed by atoms with Crippen molar-refractivity contribution in [1.29, 1.82) is 0 Å². The Morgan fingerprint density at radius 3 is 3.25 bits per heavy atom. The van der Waals surface area contributed by atoms with Crippen molar-refractivity contribution in [3.05, 3.63) is 24.2 Å². The van der Waals surface area contributed by atoms with E-state index in [9.17, 15) is 4.79 Å². The van der Waals surface area contributed by atoms with Gasteiger partial charge in [0.1, 0.15) is 5.76 Å². The fraction of sp³-hybridized carbons (Fsp3) is 0.583. The van der Waals surface area contributed by atoms with E-state index in [1.54, 1.807) is 6.26 Å². The first-order valence-corrected chi connectivity index (χ1v) is 5.79. The summed E-state index contributed by atoms with van der Waals surface area (Å²) in [6, 6.07) is 3.92. The van der Waals surface area contributed by atoms with Gasteiger partial charge in [-0.15, -0.1) is 0 Å². The van der Waals surface area contributed by atoms with E-state index in [0.717, 1.165) is 31.7 Å². The quantitative estimate of drug-likeness (QED) is 0.797. The van der Waals surface area contributed by atoms with Crippen LogP contribution in [0.2, 0.25) is 0 Å². The lowest BCUT2D eigenvalue weighted by Gasteiger charge is -2.15. The maximum absolute atomic E-state index is 11.8. The van der Waals surface area contributed by atoms with Crippen LogP contribution < -0.4 is 10.6 Å². The Morgan fingerprint density at radius 2 is 2.62 bits per heavy atom. The van der Waals surface area contributed by atoms with Crippen molar-refractivity contribution in [3.8, 4) is 0 Å². The molecule has 2 heterocycles. The normalized spacial score (nSPS) is 21.9. The summed E-state index contributed by atoms with van der Waals surface area (Å²) in [4.78, 5) is 11.8. The SMILES string of the molecule is CC(Cc1ccco1)NC(=O)C1CCNC1. The fourth-order valence-corrected chi connectivity index (χ4v) is 2.02. The van der Waals surface area contributed by atoms with E-state index >= 15 is 0 Å². The number of amides is 1. The average molecular weight is 222 g/mol. The molecule has 4 heteroatoms. The summed E-state index contributed by atoms with van der Waals surface area (Å²) in [5.74, 6) is 1.21. The van der Waals surface area contributed by atoms with Gasteiger partial charge in [-0.3, -0.25) is 4.79 Å². The van der Waals surface area contributed by atoms with Crippen LogP contribution in [0.25, 0.3) is 0 Å². The van der Waals surface area contributed by atoms with Crippen LogP contribution in [0.5, 0.6) is 0 Å². The topological polar surface area (TPSA) is 54.3 Å². The molecule has 0 aliphatic carbocycles. The van der Waals surface area contributed by atoms with Crippen molar-refractivity contribution >= 4 is 5.91 Å². The van der Waals surface area contributed by atoms with Crippen LogP contribution in [-0.2, 0) is 11.2 Å². The third-order valence-electron chi connectivity index (χ3n) is 2.91. The molecule has 2 N–H and O–H groups in total. The lowest BCUT2D eigenvalue weighted by molar-refractivity contribution is -0.125. The molecule has 1 saturated heterocycles. The first kappa shape index (κ1) is 11.2. The Bertz CT molecular complexity index is 329.